The van der Waals surface area contributed by atoms with Crippen LogP contribution >= 0.6 is 0 Å². The van der Waals surface area contributed by atoms with Crippen molar-refractivity contribution in [2.45, 2.75) is 39.2 Å². The van der Waals surface area contributed by atoms with Crippen LogP contribution in [0, 0.1) is 13.8 Å². The van der Waals surface area contributed by atoms with E-state index in [1.54, 1.807) is 12.1 Å². The van der Waals surface area contributed by atoms with E-state index in [2.05, 4.69) is 36.9 Å². The molecule has 4 rings (SSSR count). The summed E-state index contributed by atoms with van der Waals surface area (Å²) < 4.78 is 5.27. The van der Waals surface area contributed by atoms with Gasteiger partial charge in [0, 0.05) is 6.42 Å². The fourth-order valence-electron chi connectivity index (χ4n) is 4.34. The molecule has 5 nitrogen and oxygen atoms in total. The maximum atomic E-state index is 13.2. The quantitative estimate of drug-likeness (QED) is 0.771. The summed E-state index contributed by atoms with van der Waals surface area (Å²) in [6.07, 6.45) is 3.07. The number of benzene rings is 2. The molecule has 0 spiro atoms. The minimum absolute atomic E-state index is 0.0530. The van der Waals surface area contributed by atoms with Crippen LogP contribution in [0.3, 0.4) is 0 Å². The van der Waals surface area contributed by atoms with Crippen LogP contribution < -0.4 is 4.74 Å². The molecule has 0 aromatic heterocycles. The van der Waals surface area contributed by atoms with Crippen LogP contribution in [-0.4, -0.2) is 48.3 Å². The maximum Gasteiger partial charge on any atom is 0.257 e. The Balaban J connectivity index is 1.64. The molecule has 2 aromatic rings. The number of ether oxygens (including phenoxy) is 1. The molecule has 2 aliphatic heterocycles. The molecule has 2 heterocycles. The summed E-state index contributed by atoms with van der Waals surface area (Å²) in [5.74, 6) is 0.903. The van der Waals surface area contributed by atoms with E-state index in [0.29, 0.717) is 6.54 Å². The highest BCUT2D eigenvalue weighted by atomic mass is 16.5. The predicted molar refractivity (Wildman–Crippen MR) is 115 cm³/mol. The van der Waals surface area contributed by atoms with Gasteiger partial charge >= 0.3 is 0 Å². The average Bonchev–Trinajstić information content (AvgIpc) is 3.38. The van der Waals surface area contributed by atoms with Gasteiger partial charge in [0.2, 0.25) is 0 Å². The second-order valence-corrected chi connectivity index (χ2v) is 8.08. The standard InChI is InChI=1S/C24H29N3O2/c1-17-6-11-21(18(2)14-17)23-15-22(19-7-9-20(29-3)10-8-19)25-27(23)24(28)16-26-12-4-5-13-26/h6-11,14,23H,4-5,12-13,15-16H2,1-3H3. The van der Waals surface area contributed by atoms with E-state index in [4.69, 9.17) is 9.84 Å². The minimum Gasteiger partial charge on any atom is -0.497 e. The third-order valence-electron chi connectivity index (χ3n) is 5.93. The van der Waals surface area contributed by atoms with Crippen molar-refractivity contribution >= 4 is 11.6 Å². The average molecular weight is 392 g/mol. The molecular weight excluding hydrogens is 362 g/mol. The molecule has 0 aliphatic carbocycles. The summed E-state index contributed by atoms with van der Waals surface area (Å²) >= 11 is 0. The number of hydrogen-bond donors (Lipinski definition) is 0. The van der Waals surface area contributed by atoms with Crippen LogP contribution in [0.5, 0.6) is 5.75 Å². The first-order chi connectivity index (χ1) is 14.0. The first-order valence-electron chi connectivity index (χ1n) is 10.4. The second kappa shape index (κ2) is 8.37. The van der Waals surface area contributed by atoms with Gasteiger partial charge in [0.1, 0.15) is 5.75 Å². The van der Waals surface area contributed by atoms with Gasteiger partial charge in [-0.1, -0.05) is 23.8 Å². The molecule has 1 saturated heterocycles. The number of nitrogens with zero attached hydrogens (tertiary/aromatic N) is 3. The summed E-state index contributed by atoms with van der Waals surface area (Å²) in [5.41, 5.74) is 5.61. The lowest BCUT2D eigenvalue weighted by Crippen LogP contribution is -2.37. The molecule has 0 N–H and O–H groups in total. The second-order valence-electron chi connectivity index (χ2n) is 8.08. The summed E-state index contributed by atoms with van der Waals surface area (Å²) in [7, 11) is 1.66. The largest absolute Gasteiger partial charge is 0.497 e. The first kappa shape index (κ1) is 19.6. The Labute approximate surface area is 173 Å². The predicted octanol–water partition coefficient (Wildman–Crippen LogP) is 4.09. The summed E-state index contributed by atoms with van der Waals surface area (Å²) in [5, 5.41) is 6.54. The third kappa shape index (κ3) is 4.20. The van der Waals surface area contributed by atoms with Gasteiger partial charge in [-0.15, -0.1) is 0 Å². The normalized spacial score (nSPS) is 19.5. The highest BCUT2D eigenvalue weighted by molar-refractivity contribution is 6.03. The summed E-state index contributed by atoms with van der Waals surface area (Å²) in [6.45, 7) is 6.67. The first-order valence-corrected chi connectivity index (χ1v) is 10.4. The molecule has 1 atom stereocenters. The van der Waals surface area contributed by atoms with Gasteiger partial charge in [-0.05, 0) is 80.7 Å². The lowest BCUT2D eigenvalue weighted by atomic mass is 9.94. The molecule has 29 heavy (non-hydrogen) atoms. The van der Waals surface area contributed by atoms with Crippen LogP contribution in [0.15, 0.2) is 47.6 Å². The van der Waals surface area contributed by atoms with Crippen LogP contribution in [0.4, 0.5) is 0 Å². The molecule has 152 valence electrons. The molecule has 0 radical (unpaired) electrons. The van der Waals surface area contributed by atoms with Gasteiger partial charge in [-0.3, -0.25) is 9.69 Å². The number of methoxy groups -OCH3 is 1. The summed E-state index contributed by atoms with van der Waals surface area (Å²) in [4.78, 5) is 15.4. The Bertz CT molecular complexity index is 914. The van der Waals surface area contributed by atoms with E-state index in [-0.39, 0.29) is 11.9 Å². The van der Waals surface area contributed by atoms with E-state index in [1.807, 2.05) is 24.3 Å². The SMILES string of the molecule is COc1ccc(C2=NN(C(=O)CN3CCCC3)C(c3ccc(C)cc3C)C2)cc1. The molecule has 2 aliphatic rings. The van der Waals surface area contributed by atoms with E-state index >= 15 is 0 Å². The van der Waals surface area contributed by atoms with Gasteiger partial charge in [-0.25, -0.2) is 5.01 Å². The van der Waals surface area contributed by atoms with Crippen LogP contribution in [0.2, 0.25) is 0 Å². The van der Waals surface area contributed by atoms with Crippen molar-refractivity contribution in [3.63, 3.8) is 0 Å². The smallest absolute Gasteiger partial charge is 0.257 e. The Kier molecular flexibility index (Phi) is 5.67. The van der Waals surface area contributed by atoms with Crippen LogP contribution in [0.25, 0.3) is 0 Å². The number of hydrazone groups is 1. The van der Waals surface area contributed by atoms with Crippen molar-refractivity contribution in [1.82, 2.24) is 9.91 Å². The lowest BCUT2D eigenvalue weighted by Gasteiger charge is -2.25. The Morgan fingerprint density at radius 2 is 1.83 bits per heavy atom. The monoisotopic (exact) mass is 391 g/mol. The zero-order valence-corrected chi connectivity index (χ0v) is 17.5. The zero-order valence-electron chi connectivity index (χ0n) is 17.5. The molecule has 1 amide bonds. The molecule has 1 fully saturated rings. The Morgan fingerprint density at radius 1 is 1.10 bits per heavy atom. The lowest BCUT2D eigenvalue weighted by molar-refractivity contribution is -0.134. The number of hydrogen-bond acceptors (Lipinski definition) is 4. The van der Waals surface area contributed by atoms with Crippen molar-refractivity contribution in [3.8, 4) is 5.75 Å². The third-order valence-corrected chi connectivity index (χ3v) is 5.93. The highest BCUT2D eigenvalue weighted by Crippen LogP contribution is 2.35. The fourth-order valence-corrected chi connectivity index (χ4v) is 4.34. The molecule has 5 heteroatoms. The number of amides is 1. The van der Waals surface area contributed by atoms with Crippen molar-refractivity contribution in [3.05, 3.63) is 64.7 Å². The number of aryl methyl sites for hydroxylation is 2. The van der Waals surface area contributed by atoms with Gasteiger partial charge in [0.25, 0.3) is 5.91 Å². The van der Waals surface area contributed by atoms with E-state index in [1.165, 1.54) is 29.5 Å². The van der Waals surface area contributed by atoms with Gasteiger partial charge in [-0.2, -0.15) is 5.10 Å². The van der Waals surface area contributed by atoms with E-state index in [9.17, 15) is 4.79 Å². The summed E-state index contributed by atoms with van der Waals surface area (Å²) in [6, 6.07) is 14.3. The number of carbonyl (C=O) groups excluding carboxylic acids is 1. The minimum atomic E-state index is -0.0530. The maximum absolute atomic E-state index is 13.2. The molecular formula is C24H29N3O2. The molecule has 1 unspecified atom stereocenters. The van der Waals surface area contributed by atoms with Crippen molar-refractivity contribution in [1.29, 1.82) is 0 Å². The van der Waals surface area contributed by atoms with E-state index in [0.717, 1.165) is 36.5 Å². The number of rotatable bonds is 5. The van der Waals surface area contributed by atoms with Crippen LogP contribution in [0.1, 0.15) is 47.6 Å². The van der Waals surface area contributed by atoms with Gasteiger partial charge < -0.3 is 4.74 Å². The highest BCUT2D eigenvalue weighted by Gasteiger charge is 2.34. The van der Waals surface area contributed by atoms with Crippen molar-refractivity contribution in [2.24, 2.45) is 5.10 Å². The topological polar surface area (TPSA) is 45.1 Å². The number of carbonyl (C=O) groups is 1. The molecule has 2 aromatic carbocycles. The van der Waals surface area contributed by atoms with E-state index < -0.39 is 0 Å². The Hall–Kier alpha value is -2.66. The van der Waals surface area contributed by atoms with Gasteiger partial charge in [0.05, 0.1) is 25.4 Å². The van der Waals surface area contributed by atoms with Gasteiger partial charge in [0.15, 0.2) is 0 Å². The van der Waals surface area contributed by atoms with Crippen LogP contribution in [-0.2, 0) is 4.79 Å². The number of likely N-dealkylation sites (tertiary alicyclic amines) is 1. The zero-order chi connectivity index (χ0) is 20.4. The Morgan fingerprint density at radius 3 is 2.48 bits per heavy atom. The molecule has 0 bridgehead atoms. The molecule has 0 saturated carbocycles. The van der Waals surface area contributed by atoms with Crippen molar-refractivity contribution in [2.75, 3.05) is 26.7 Å². The van der Waals surface area contributed by atoms with Crippen molar-refractivity contribution < 1.29 is 9.53 Å². The fraction of sp³-hybridized carbons (Fsp3) is 0.417.